The van der Waals surface area contributed by atoms with E-state index in [1.165, 1.54) is 0 Å². The lowest BCUT2D eigenvalue weighted by Crippen LogP contribution is -2.47. The second-order valence-corrected chi connectivity index (χ2v) is 6.66. The number of benzene rings is 2. The Morgan fingerprint density at radius 2 is 2.04 bits per heavy atom. The molecule has 1 unspecified atom stereocenters. The van der Waals surface area contributed by atoms with Crippen LogP contribution in [0.1, 0.15) is 43.0 Å². The van der Waals surface area contributed by atoms with Gasteiger partial charge < -0.3 is 10.1 Å². The smallest absolute Gasteiger partial charge is 0.182 e. The van der Waals surface area contributed by atoms with Gasteiger partial charge in [-0.3, -0.25) is 4.79 Å². The Balaban J connectivity index is 1.88. The lowest BCUT2D eigenvalue weighted by molar-refractivity contribution is 0.0857. The van der Waals surface area contributed by atoms with E-state index in [4.69, 9.17) is 16.3 Å². The van der Waals surface area contributed by atoms with E-state index in [0.717, 1.165) is 32.2 Å². The van der Waals surface area contributed by atoms with Crippen molar-refractivity contribution in [2.75, 3.05) is 6.54 Å². The quantitative estimate of drug-likeness (QED) is 0.729. The first-order chi connectivity index (χ1) is 11.6. The lowest BCUT2D eigenvalue weighted by Gasteiger charge is -2.28. The van der Waals surface area contributed by atoms with Crippen LogP contribution in [-0.2, 0) is 0 Å². The number of carbonyl (C=O) groups is 1. The number of hydrogen-bond acceptors (Lipinski definition) is 3. The summed E-state index contributed by atoms with van der Waals surface area (Å²) < 4.78 is 5.85. The summed E-state index contributed by atoms with van der Waals surface area (Å²) in [5.74, 6) is 1.35. The topological polar surface area (TPSA) is 38.3 Å². The highest BCUT2D eigenvalue weighted by Gasteiger charge is 2.40. The zero-order valence-electron chi connectivity index (χ0n) is 13.8. The van der Waals surface area contributed by atoms with Crippen LogP contribution < -0.4 is 10.1 Å². The van der Waals surface area contributed by atoms with Crippen molar-refractivity contribution < 1.29 is 9.53 Å². The Labute approximate surface area is 148 Å². The van der Waals surface area contributed by atoms with Gasteiger partial charge in [0, 0.05) is 5.56 Å². The summed E-state index contributed by atoms with van der Waals surface area (Å²) >= 11 is 6.25. The molecular formula is C20H22ClNO2. The summed E-state index contributed by atoms with van der Waals surface area (Å²) in [4.78, 5) is 13.1. The standard InChI is InChI=1S/C20H22ClNO2/c1-2-11-20(12-6-13-22-20)19(23)15-9-10-17(21)18(14-15)24-16-7-4-3-5-8-16/h3-5,7-10,14,22H,2,6,11-13H2,1H3. The summed E-state index contributed by atoms with van der Waals surface area (Å²) in [6.45, 7) is 3.01. The molecular weight excluding hydrogens is 322 g/mol. The minimum atomic E-state index is -0.438. The molecule has 0 spiro atoms. The number of nitrogens with one attached hydrogen (secondary N) is 1. The molecule has 1 aliphatic rings. The summed E-state index contributed by atoms with van der Waals surface area (Å²) in [5.41, 5.74) is 0.209. The van der Waals surface area contributed by atoms with E-state index >= 15 is 0 Å². The fourth-order valence-corrected chi connectivity index (χ4v) is 3.52. The molecule has 0 bridgehead atoms. The molecule has 0 radical (unpaired) electrons. The van der Waals surface area contributed by atoms with Gasteiger partial charge in [-0.25, -0.2) is 0 Å². The maximum atomic E-state index is 13.1. The number of Topliss-reactive ketones (excluding diaryl/α,β-unsaturated/α-hetero) is 1. The number of para-hydroxylation sites is 1. The number of ketones is 1. The normalized spacial score (nSPS) is 20.1. The van der Waals surface area contributed by atoms with Crippen molar-refractivity contribution in [2.24, 2.45) is 0 Å². The molecule has 3 rings (SSSR count). The van der Waals surface area contributed by atoms with Gasteiger partial charge in [-0.1, -0.05) is 43.1 Å². The van der Waals surface area contributed by atoms with E-state index in [0.29, 0.717) is 22.1 Å². The summed E-state index contributed by atoms with van der Waals surface area (Å²) in [6.07, 6.45) is 3.74. The van der Waals surface area contributed by atoms with Crippen LogP contribution in [0.25, 0.3) is 0 Å². The molecule has 126 valence electrons. The third-order valence-electron chi connectivity index (χ3n) is 4.52. The van der Waals surface area contributed by atoms with Gasteiger partial charge in [0.25, 0.3) is 0 Å². The number of halogens is 1. The molecule has 2 aromatic rings. The van der Waals surface area contributed by atoms with Gasteiger partial charge in [0.2, 0.25) is 0 Å². The average Bonchev–Trinajstić information content (AvgIpc) is 3.07. The fourth-order valence-electron chi connectivity index (χ4n) is 3.37. The van der Waals surface area contributed by atoms with Crippen LogP contribution in [0.3, 0.4) is 0 Å². The molecule has 0 saturated carbocycles. The first kappa shape index (κ1) is 17.0. The highest BCUT2D eigenvalue weighted by molar-refractivity contribution is 6.32. The zero-order valence-corrected chi connectivity index (χ0v) is 14.6. The van der Waals surface area contributed by atoms with Crippen molar-refractivity contribution in [3.05, 3.63) is 59.1 Å². The number of ether oxygens (including phenoxy) is 1. The van der Waals surface area contributed by atoms with Crippen LogP contribution in [0.4, 0.5) is 0 Å². The van der Waals surface area contributed by atoms with E-state index in [1.54, 1.807) is 18.2 Å². The Hall–Kier alpha value is -1.84. The first-order valence-electron chi connectivity index (χ1n) is 8.47. The Bertz CT molecular complexity index is 709. The molecule has 1 heterocycles. The molecule has 0 aliphatic carbocycles. The van der Waals surface area contributed by atoms with Gasteiger partial charge in [-0.05, 0) is 56.1 Å². The molecule has 0 amide bonds. The van der Waals surface area contributed by atoms with Crippen molar-refractivity contribution in [3.8, 4) is 11.5 Å². The second kappa shape index (κ2) is 7.37. The third kappa shape index (κ3) is 3.47. The van der Waals surface area contributed by atoms with Gasteiger partial charge in [0.1, 0.15) is 11.5 Å². The molecule has 1 saturated heterocycles. The monoisotopic (exact) mass is 343 g/mol. The van der Waals surface area contributed by atoms with Crippen LogP contribution in [0.5, 0.6) is 11.5 Å². The highest BCUT2D eigenvalue weighted by Crippen LogP contribution is 2.34. The van der Waals surface area contributed by atoms with Crippen LogP contribution in [0.15, 0.2) is 48.5 Å². The van der Waals surface area contributed by atoms with Crippen molar-refractivity contribution in [1.82, 2.24) is 5.32 Å². The van der Waals surface area contributed by atoms with Crippen LogP contribution in [0, 0.1) is 0 Å². The van der Waals surface area contributed by atoms with Crippen LogP contribution >= 0.6 is 11.6 Å². The molecule has 1 aliphatic heterocycles. The largest absolute Gasteiger partial charge is 0.456 e. The van der Waals surface area contributed by atoms with Gasteiger partial charge in [-0.2, -0.15) is 0 Å². The van der Waals surface area contributed by atoms with Crippen molar-refractivity contribution in [1.29, 1.82) is 0 Å². The molecule has 4 heteroatoms. The minimum Gasteiger partial charge on any atom is -0.456 e. The summed E-state index contributed by atoms with van der Waals surface area (Å²) in [7, 11) is 0. The van der Waals surface area contributed by atoms with E-state index in [-0.39, 0.29) is 5.78 Å². The second-order valence-electron chi connectivity index (χ2n) is 6.25. The Kier molecular flexibility index (Phi) is 5.22. The van der Waals surface area contributed by atoms with E-state index in [9.17, 15) is 4.79 Å². The highest BCUT2D eigenvalue weighted by atomic mass is 35.5. The predicted octanol–water partition coefficient (Wildman–Crippen LogP) is 5.24. The minimum absolute atomic E-state index is 0.136. The maximum absolute atomic E-state index is 13.1. The van der Waals surface area contributed by atoms with Crippen molar-refractivity contribution in [3.63, 3.8) is 0 Å². The van der Waals surface area contributed by atoms with Gasteiger partial charge in [0.15, 0.2) is 5.78 Å². The van der Waals surface area contributed by atoms with Crippen molar-refractivity contribution >= 4 is 17.4 Å². The van der Waals surface area contributed by atoms with E-state index in [1.807, 2.05) is 30.3 Å². The maximum Gasteiger partial charge on any atom is 0.182 e. The predicted molar refractivity (Wildman–Crippen MR) is 97.2 cm³/mol. The van der Waals surface area contributed by atoms with Crippen LogP contribution in [-0.4, -0.2) is 17.9 Å². The molecule has 1 fully saturated rings. The van der Waals surface area contributed by atoms with Crippen molar-refractivity contribution in [2.45, 2.75) is 38.1 Å². The summed E-state index contributed by atoms with van der Waals surface area (Å²) in [5, 5.41) is 3.93. The van der Waals surface area contributed by atoms with Gasteiger partial charge >= 0.3 is 0 Å². The molecule has 2 aromatic carbocycles. The Morgan fingerprint density at radius 3 is 2.71 bits per heavy atom. The average molecular weight is 344 g/mol. The lowest BCUT2D eigenvalue weighted by atomic mass is 9.84. The fraction of sp³-hybridized carbons (Fsp3) is 0.350. The molecule has 1 N–H and O–H groups in total. The molecule has 3 nitrogen and oxygen atoms in total. The van der Waals surface area contributed by atoms with E-state index in [2.05, 4.69) is 12.2 Å². The SMILES string of the molecule is CCCC1(C(=O)c2ccc(Cl)c(Oc3ccccc3)c2)CCCN1. The first-order valence-corrected chi connectivity index (χ1v) is 8.85. The zero-order chi connectivity index (χ0) is 17.0. The summed E-state index contributed by atoms with van der Waals surface area (Å²) in [6, 6.07) is 14.7. The Morgan fingerprint density at radius 1 is 1.25 bits per heavy atom. The number of carbonyl (C=O) groups excluding carboxylic acids is 1. The molecule has 24 heavy (non-hydrogen) atoms. The molecule has 0 aromatic heterocycles. The van der Waals surface area contributed by atoms with Gasteiger partial charge in [-0.15, -0.1) is 0 Å². The number of hydrogen-bond donors (Lipinski definition) is 1. The van der Waals surface area contributed by atoms with Gasteiger partial charge in [0.05, 0.1) is 10.6 Å². The van der Waals surface area contributed by atoms with Crippen LogP contribution in [0.2, 0.25) is 5.02 Å². The molecule has 1 atom stereocenters. The van der Waals surface area contributed by atoms with E-state index < -0.39 is 5.54 Å². The third-order valence-corrected chi connectivity index (χ3v) is 4.83. The number of rotatable bonds is 6.